The number of hydrogen-bond acceptors (Lipinski definition) is 4. The molecular weight excluding hydrogens is 385 g/mol. The molecule has 1 aromatic carbocycles. The highest BCUT2D eigenvalue weighted by atomic mass is 19.1. The normalized spacial score (nSPS) is 17.9. The van der Waals surface area contributed by atoms with Gasteiger partial charge in [-0.1, -0.05) is 6.07 Å². The number of hydrogen-bond donors (Lipinski definition) is 0. The third-order valence-corrected chi connectivity index (χ3v) is 5.89. The number of benzene rings is 1. The van der Waals surface area contributed by atoms with E-state index in [1.54, 1.807) is 29.4 Å². The summed E-state index contributed by atoms with van der Waals surface area (Å²) in [6.45, 7) is 6.35. The summed E-state index contributed by atoms with van der Waals surface area (Å²) in [6.07, 6.45) is 6.56. The third-order valence-electron chi connectivity index (χ3n) is 5.89. The Morgan fingerprint density at radius 1 is 1.00 bits per heavy atom. The fourth-order valence-corrected chi connectivity index (χ4v) is 4.09. The van der Waals surface area contributed by atoms with E-state index in [1.807, 2.05) is 11.8 Å². The van der Waals surface area contributed by atoms with Crippen LogP contribution < -0.4 is 0 Å². The first-order chi connectivity index (χ1) is 14.5. The zero-order valence-corrected chi connectivity index (χ0v) is 17.4. The summed E-state index contributed by atoms with van der Waals surface area (Å²) in [5.74, 6) is -0.426. The van der Waals surface area contributed by atoms with E-state index >= 15 is 0 Å². The van der Waals surface area contributed by atoms with Crippen molar-refractivity contribution in [1.82, 2.24) is 24.5 Å². The van der Waals surface area contributed by atoms with E-state index < -0.39 is 0 Å². The molecule has 8 heteroatoms. The van der Waals surface area contributed by atoms with Gasteiger partial charge in [0.05, 0.1) is 6.20 Å². The van der Waals surface area contributed by atoms with Crippen LogP contribution in [0, 0.1) is 12.7 Å². The van der Waals surface area contributed by atoms with Crippen molar-refractivity contribution in [1.29, 1.82) is 0 Å². The van der Waals surface area contributed by atoms with E-state index in [4.69, 9.17) is 0 Å². The van der Waals surface area contributed by atoms with Gasteiger partial charge < -0.3 is 9.80 Å². The first-order valence-corrected chi connectivity index (χ1v) is 10.6. The first-order valence-electron chi connectivity index (χ1n) is 10.6. The largest absolute Gasteiger partial charge is 0.344 e. The van der Waals surface area contributed by atoms with E-state index in [0.717, 1.165) is 37.9 Å². The number of piperidine rings is 1. The molecule has 0 spiro atoms. The third kappa shape index (κ3) is 4.53. The molecule has 0 radical (unpaired) electrons. The summed E-state index contributed by atoms with van der Waals surface area (Å²) in [4.78, 5) is 30.8. The van der Waals surface area contributed by atoms with Crippen LogP contribution in [0.4, 0.5) is 9.18 Å². The topological polar surface area (TPSA) is 61.7 Å². The van der Waals surface area contributed by atoms with Gasteiger partial charge in [0, 0.05) is 63.1 Å². The lowest BCUT2D eigenvalue weighted by Crippen LogP contribution is -2.49. The molecule has 7 nitrogen and oxygen atoms in total. The highest BCUT2D eigenvalue weighted by Crippen LogP contribution is 2.18. The van der Waals surface area contributed by atoms with Gasteiger partial charge in [-0.2, -0.15) is 9.78 Å². The van der Waals surface area contributed by atoms with E-state index in [2.05, 4.69) is 10.00 Å². The molecule has 0 aliphatic carbocycles. The number of halogens is 1. The summed E-state index contributed by atoms with van der Waals surface area (Å²) >= 11 is 0. The number of aryl methyl sites for hydroxylation is 1. The lowest BCUT2D eigenvalue weighted by atomic mass is 10.1. The molecule has 2 aliphatic rings. The van der Waals surface area contributed by atoms with Crippen molar-refractivity contribution in [2.45, 2.75) is 32.7 Å². The summed E-state index contributed by atoms with van der Waals surface area (Å²) in [6, 6.07) is 4.69. The number of nitrogens with zero attached hydrogens (tertiary/aromatic N) is 5. The van der Waals surface area contributed by atoms with Crippen LogP contribution in [0.1, 0.15) is 40.7 Å². The smallest absolute Gasteiger partial charge is 0.339 e. The molecule has 0 saturated carbocycles. The molecule has 2 fully saturated rings. The van der Waals surface area contributed by atoms with Crippen molar-refractivity contribution in [2.75, 3.05) is 39.3 Å². The van der Waals surface area contributed by atoms with Crippen molar-refractivity contribution in [3.63, 3.8) is 0 Å². The quantitative estimate of drug-likeness (QED) is 0.776. The predicted octanol–water partition coefficient (Wildman–Crippen LogP) is 2.74. The minimum absolute atomic E-state index is 0.0823. The van der Waals surface area contributed by atoms with E-state index in [9.17, 15) is 14.0 Å². The zero-order chi connectivity index (χ0) is 21.1. The van der Waals surface area contributed by atoms with Crippen molar-refractivity contribution < 1.29 is 14.0 Å². The van der Waals surface area contributed by atoms with Gasteiger partial charge in [0.1, 0.15) is 5.82 Å². The van der Waals surface area contributed by atoms with E-state index in [-0.39, 0.29) is 17.8 Å². The molecular formula is C22H28FN5O2. The van der Waals surface area contributed by atoms with Crippen LogP contribution in [0.3, 0.4) is 0 Å². The molecule has 160 valence electrons. The van der Waals surface area contributed by atoms with Gasteiger partial charge in [-0.15, -0.1) is 0 Å². The Morgan fingerprint density at radius 2 is 1.73 bits per heavy atom. The number of amides is 2. The van der Waals surface area contributed by atoms with Crippen molar-refractivity contribution in [2.24, 2.45) is 0 Å². The Kier molecular flexibility index (Phi) is 6.13. The molecule has 0 unspecified atom stereocenters. The maximum absolute atomic E-state index is 14.7. The van der Waals surface area contributed by atoms with E-state index in [0.29, 0.717) is 43.9 Å². The molecule has 2 saturated heterocycles. The highest BCUT2D eigenvalue weighted by molar-refractivity contribution is 5.94. The Labute approximate surface area is 176 Å². The second kappa shape index (κ2) is 8.95. The van der Waals surface area contributed by atoms with Crippen LogP contribution >= 0.6 is 0 Å². The highest BCUT2D eigenvalue weighted by Gasteiger charge is 2.24. The Bertz CT molecular complexity index is 914. The number of aromatic nitrogens is 2. The van der Waals surface area contributed by atoms with Gasteiger partial charge in [0.2, 0.25) is 0 Å². The second-order valence-corrected chi connectivity index (χ2v) is 8.17. The molecule has 3 heterocycles. The lowest BCUT2D eigenvalue weighted by molar-refractivity contribution is 0.0723. The lowest BCUT2D eigenvalue weighted by Gasteiger charge is -2.34. The van der Waals surface area contributed by atoms with Crippen LogP contribution in [0.15, 0.2) is 30.6 Å². The summed E-state index contributed by atoms with van der Waals surface area (Å²) in [5.41, 5.74) is 1.94. The molecule has 0 N–H and O–H groups in total. The predicted molar refractivity (Wildman–Crippen MR) is 111 cm³/mol. The maximum atomic E-state index is 14.7. The number of carbonyl (C=O) groups is 2. The molecule has 30 heavy (non-hydrogen) atoms. The van der Waals surface area contributed by atoms with Crippen molar-refractivity contribution in [3.05, 3.63) is 53.1 Å². The molecule has 2 aromatic rings. The van der Waals surface area contributed by atoms with Crippen LogP contribution in [0.2, 0.25) is 0 Å². The number of likely N-dealkylation sites (tertiary alicyclic amines) is 1. The van der Waals surface area contributed by atoms with Gasteiger partial charge >= 0.3 is 6.03 Å². The second-order valence-electron chi connectivity index (χ2n) is 8.17. The first kappa shape index (κ1) is 20.5. The monoisotopic (exact) mass is 413 g/mol. The SMILES string of the molecule is Cc1cnn(C(=O)N2CCN(Cc3ccc(C(=O)N4CCCCC4)cc3F)CC2)c1. The van der Waals surface area contributed by atoms with Gasteiger partial charge in [-0.3, -0.25) is 9.69 Å². The van der Waals surface area contributed by atoms with Crippen LogP contribution in [-0.2, 0) is 6.54 Å². The van der Waals surface area contributed by atoms with Gasteiger partial charge in [-0.05, 0) is 43.9 Å². The molecule has 4 rings (SSSR count). The summed E-state index contributed by atoms with van der Waals surface area (Å²) < 4.78 is 16.1. The minimum atomic E-state index is -0.344. The average Bonchev–Trinajstić information content (AvgIpc) is 3.21. The number of carbonyl (C=O) groups excluding carboxylic acids is 2. The molecule has 0 bridgehead atoms. The molecule has 1 aromatic heterocycles. The Balaban J connectivity index is 1.32. The summed E-state index contributed by atoms with van der Waals surface area (Å²) in [7, 11) is 0. The maximum Gasteiger partial charge on any atom is 0.344 e. The number of rotatable bonds is 3. The van der Waals surface area contributed by atoms with Crippen LogP contribution in [0.25, 0.3) is 0 Å². The van der Waals surface area contributed by atoms with Gasteiger partial charge in [0.25, 0.3) is 5.91 Å². The Morgan fingerprint density at radius 3 is 2.37 bits per heavy atom. The van der Waals surface area contributed by atoms with Crippen molar-refractivity contribution >= 4 is 11.9 Å². The summed E-state index contributed by atoms with van der Waals surface area (Å²) in [5, 5.41) is 4.08. The number of piperazine rings is 1. The fourth-order valence-electron chi connectivity index (χ4n) is 4.09. The molecule has 0 atom stereocenters. The van der Waals surface area contributed by atoms with Crippen LogP contribution in [0.5, 0.6) is 0 Å². The van der Waals surface area contributed by atoms with Gasteiger partial charge in [-0.25, -0.2) is 9.18 Å². The average molecular weight is 413 g/mol. The Hall–Kier alpha value is -2.74. The minimum Gasteiger partial charge on any atom is -0.339 e. The van der Waals surface area contributed by atoms with E-state index in [1.165, 1.54) is 10.7 Å². The standard InChI is InChI=1S/C22H28FN5O2/c1-17-14-24-28(15-17)22(30)27-11-9-25(10-12-27)16-19-6-5-18(13-20(19)23)21(29)26-7-3-2-4-8-26/h5-6,13-15H,2-4,7-12,16H2,1H3. The van der Waals surface area contributed by atoms with Crippen molar-refractivity contribution in [3.8, 4) is 0 Å². The molecule has 2 amide bonds. The van der Waals surface area contributed by atoms with Gasteiger partial charge in [0.15, 0.2) is 0 Å². The zero-order valence-electron chi connectivity index (χ0n) is 17.4. The fraction of sp³-hybridized carbons (Fsp3) is 0.500. The van der Waals surface area contributed by atoms with Crippen LogP contribution in [-0.4, -0.2) is 75.7 Å². The molecule has 2 aliphatic heterocycles.